The van der Waals surface area contributed by atoms with Gasteiger partial charge < -0.3 is 0 Å². The van der Waals surface area contributed by atoms with Gasteiger partial charge in [-0.25, -0.2) is 0 Å². The molecule has 0 saturated carbocycles. The molecule has 0 aliphatic heterocycles. The Labute approximate surface area is 162 Å². The quantitative estimate of drug-likeness (QED) is 0.276. The first kappa shape index (κ1) is 15.4. The molecule has 0 bridgehead atoms. The molecular weight excluding hydrogens is 415 g/mol. The Bertz CT molecular complexity index is 1080. The highest BCUT2D eigenvalue weighted by molar-refractivity contribution is 14.1. The molecule has 0 amide bonds. The fourth-order valence-electron chi connectivity index (χ4n) is 4.21. The van der Waals surface area contributed by atoms with E-state index in [1.807, 2.05) is 0 Å². The van der Waals surface area contributed by atoms with Gasteiger partial charge in [0, 0.05) is 0 Å². The van der Waals surface area contributed by atoms with Gasteiger partial charge in [0.2, 0.25) is 0 Å². The van der Waals surface area contributed by atoms with Crippen molar-refractivity contribution in [3.8, 4) is 0 Å². The van der Waals surface area contributed by atoms with Crippen LogP contribution in [0.1, 0.15) is 24.8 Å². The second kappa shape index (κ2) is 6.14. The van der Waals surface area contributed by atoms with E-state index < -0.39 is 0 Å². The van der Waals surface area contributed by atoms with Crippen LogP contribution < -0.4 is 0 Å². The Morgan fingerprint density at radius 1 is 0.840 bits per heavy atom. The van der Waals surface area contributed by atoms with Gasteiger partial charge in [0.1, 0.15) is 0 Å². The Morgan fingerprint density at radius 2 is 1.68 bits per heavy atom. The number of halogens is 1. The summed E-state index contributed by atoms with van der Waals surface area (Å²) >= 11 is 2.48. The van der Waals surface area contributed by atoms with Crippen molar-refractivity contribution in [1.29, 1.82) is 0 Å². The third-order valence-corrected chi connectivity index (χ3v) is 6.44. The van der Waals surface area contributed by atoms with Crippen LogP contribution >= 0.6 is 22.6 Å². The lowest BCUT2D eigenvalue weighted by molar-refractivity contribution is 0.571. The number of hydrogen-bond acceptors (Lipinski definition) is 0. The first-order valence-corrected chi connectivity index (χ1v) is 10.0. The lowest BCUT2D eigenvalue weighted by atomic mass is 9.79. The van der Waals surface area contributed by atoms with Gasteiger partial charge >= 0.3 is 0 Å². The first-order valence-electron chi connectivity index (χ1n) is 8.97. The molecule has 0 fully saturated rings. The van der Waals surface area contributed by atoms with Crippen molar-refractivity contribution in [2.24, 2.45) is 5.92 Å². The summed E-state index contributed by atoms with van der Waals surface area (Å²) < 4.78 is 1.49. The number of benzene rings is 3. The van der Waals surface area contributed by atoms with Crippen LogP contribution in [0.3, 0.4) is 0 Å². The van der Waals surface area contributed by atoms with Crippen molar-refractivity contribution in [2.75, 3.05) is 0 Å². The Kier molecular flexibility index (Phi) is 3.78. The van der Waals surface area contributed by atoms with E-state index in [-0.39, 0.29) is 0 Å². The molecule has 3 aromatic rings. The summed E-state index contributed by atoms with van der Waals surface area (Å²) in [5.74, 6) is 0.700. The zero-order chi connectivity index (χ0) is 16.8. The number of rotatable bonds is 1. The molecule has 0 saturated heterocycles. The van der Waals surface area contributed by atoms with E-state index in [1.165, 1.54) is 61.1 Å². The zero-order valence-corrected chi connectivity index (χ0v) is 16.2. The molecule has 1 atom stereocenters. The highest BCUT2D eigenvalue weighted by Gasteiger charge is 2.22. The van der Waals surface area contributed by atoms with E-state index in [9.17, 15) is 0 Å². The SMILES string of the molecule is IC1=CC2=CC=C(c3ccc4c(ccc5ccccc54)c3)CC2CC1. The molecule has 0 radical (unpaired) electrons. The Hall–Kier alpha value is -1.87. The third kappa shape index (κ3) is 2.75. The number of hydrogen-bond donors (Lipinski definition) is 0. The zero-order valence-electron chi connectivity index (χ0n) is 14.0. The van der Waals surface area contributed by atoms with E-state index in [4.69, 9.17) is 0 Å². The summed E-state index contributed by atoms with van der Waals surface area (Å²) in [5, 5.41) is 5.35. The van der Waals surface area contributed by atoms with E-state index in [0.717, 1.165) is 0 Å². The van der Waals surface area contributed by atoms with E-state index in [1.54, 1.807) is 0 Å². The van der Waals surface area contributed by atoms with Gasteiger partial charge in [0.15, 0.2) is 0 Å². The van der Waals surface area contributed by atoms with E-state index >= 15 is 0 Å². The summed E-state index contributed by atoms with van der Waals surface area (Å²) in [6.45, 7) is 0. The minimum atomic E-state index is 0.700. The van der Waals surface area contributed by atoms with Crippen LogP contribution in [0, 0.1) is 5.92 Å². The molecule has 3 aromatic carbocycles. The molecule has 25 heavy (non-hydrogen) atoms. The van der Waals surface area contributed by atoms with Gasteiger partial charge in [0.05, 0.1) is 0 Å². The first-order chi connectivity index (χ1) is 12.3. The largest absolute Gasteiger partial charge is 0.0616 e. The van der Waals surface area contributed by atoms with E-state index in [2.05, 4.69) is 95.4 Å². The van der Waals surface area contributed by atoms with Gasteiger partial charge in [-0.3, -0.25) is 0 Å². The van der Waals surface area contributed by atoms with Gasteiger partial charge in [-0.1, -0.05) is 60.7 Å². The Morgan fingerprint density at radius 3 is 2.64 bits per heavy atom. The molecule has 122 valence electrons. The average molecular weight is 434 g/mol. The third-order valence-electron chi connectivity index (χ3n) is 5.59. The maximum absolute atomic E-state index is 2.48. The molecule has 1 heteroatoms. The van der Waals surface area contributed by atoms with Crippen molar-refractivity contribution in [3.63, 3.8) is 0 Å². The normalized spacial score (nSPS) is 20.0. The van der Waals surface area contributed by atoms with Gasteiger partial charge in [-0.05, 0) is 102 Å². The number of allylic oxidation sites excluding steroid dienone is 6. The monoisotopic (exact) mass is 434 g/mol. The van der Waals surface area contributed by atoms with Crippen molar-refractivity contribution in [3.05, 3.63) is 87.5 Å². The summed E-state index contributed by atoms with van der Waals surface area (Å²) in [6.07, 6.45) is 10.8. The van der Waals surface area contributed by atoms with Crippen LogP contribution in [-0.4, -0.2) is 0 Å². The predicted molar refractivity (Wildman–Crippen MR) is 117 cm³/mol. The van der Waals surface area contributed by atoms with Crippen molar-refractivity contribution in [2.45, 2.75) is 19.3 Å². The summed E-state index contributed by atoms with van der Waals surface area (Å²) in [7, 11) is 0. The van der Waals surface area contributed by atoms with Crippen molar-refractivity contribution < 1.29 is 0 Å². The molecule has 5 rings (SSSR count). The highest BCUT2D eigenvalue weighted by atomic mass is 127. The van der Waals surface area contributed by atoms with Crippen molar-refractivity contribution >= 4 is 49.7 Å². The fraction of sp³-hybridized carbons (Fsp3) is 0.167. The lowest BCUT2D eigenvalue weighted by Gasteiger charge is -2.27. The average Bonchev–Trinajstić information content (AvgIpc) is 2.67. The van der Waals surface area contributed by atoms with Crippen LogP contribution in [0.25, 0.3) is 27.1 Å². The maximum Gasteiger partial charge on any atom is -0.00910 e. The van der Waals surface area contributed by atoms with E-state index in [0.29, 0.717) is 5.92 Å². The smallest absolute Gasteiger partial charge is 0.00910 e. The van der Waals surface area contributed by atoms with Gasteiger partial charge in [0.25, 0.3) is 0 Å². The minimum Gasteiger partial charge on any atom is -0.0616 e. The number of fused-ring (bicyclic) bond motifs is 4. The standard InChI is InChI=1S/C24H19I/c25-22-11-9-18-13-17(6-7-20(18)15-22)19-10-12-24-21(14-19)8-5-16-3-1-2-4-23(16)24/h1-8,10,12,14-15,18H,9,11,13H2. The van der Waals surface area contributed by atoms with Crippen LogP contribution in [-0.2, 0) is 0 Å². The summed E-state index contributed by atoms with van der Waals surface area (Å²) in [4.78, 5) is 0. The van der Waals surface area contributed by atoms with Gasteiger partial charge in [-0.15, -0.1) is 0 Å². The predicted octanol–water partition coefficient (Wildman–Crippen LogP) is 7.44. The molecule has 0 nitrogen and oxygen atoms in total. The van der Waals surface area contributed by atoms with Crippen LogP contribution in [0.15, 0.2) is 82.0 Å². The molecule has 2 aliphatic carbocycles. The van der Waals surface area contributed by atoms with Crippen LogP contribution in [0.4, 0.5) is 0 Å². The second-order valence-corrected chi connectivity index (χ2v) is 8.50. The molecule has 0 aromatic heterocycles. The molecular formula is C24H19I. The van der Waals surface area contributed by atoms with Crippen LogP contribution in [0.5, 0.6) is 0 Å². The maximum atomic E-state index is 2.48. The molecule has 2 aliphatic rings. The summed E-state index contributed by atoms with van der Waals surface area (Å²) in [6, 6.07) is 20.1. The van der Waals surface area contributed by atoms with Crippen molar-refractivity contribution in [1.82, 2.24) is 0 Å². The molecule has 0 N–H and O–H groups in total. The molecule has 0 heterocycles. The molecule has 0 spiro atoms. The lowest BCUT2D eigenvalue weighted by Crippen LogP contribution is -2.11. The van der Waals surface area contributed by atoms with Gasteiger partial charge in [-0.2, -0.15) is 0 Å². The fourth-order valence-corrected chi connectivity index (χ4v) is 4.88. The minimum absolute atomic E-state index is 0.700. The Balaban J connectivity index is 1.59. The highest BCUT2D eigenvalue weighted by Crippen LogP contribution is 2.40. The molecule has 1 unspecified atom stereocenters. The topological polar surface area (TPSA) is 0 Å². The van der Waals surface area contributed by atoms with Crippen LogP contribution in [0.2, 0.25) is 0 Å². The second-order valence-electron chi connectivity index (χ2n) is 7.11. The summed E-state index contributed by atoms with van der Waals surface area (Å²) in [5.41, 5.74) is 4.38.